The van der Waals surface area contributed by atoms with Gasteiger partial charge < -0.3 is 67.5 Å². The molecule has 0 radical (unpaired) electrons. The molecule has 0 saturated heterocycles. The van der Waals surface area contributed by atoms with E-state index in [4.69, 9.17) is 56.8 Å². The van der Waals surface area contributed by atoms with Crippen LogP contribution in [-0.2, 0) is 92.3 Å². The molecule has 11 rings (SSSR count). The van der Waals surface area contributed by atoms with Crippen molar-refractivity contribution in [1.29, 1.82) is 0 Å². The minimum Gasteiger partial charge on any atom is -0.460 e. The standard InChI is InChI=1S/C94H91F9N4O22/c1-10-52(7)83(85(112)104-54(9)92(95,96)97)106-87(114)63-48-67(126-59-24-16-55(17-25-59)32-36-118-40-44-122-71(108)12-3)77-79-69(128-61-28-20-57(21-29-61)34-38-120-42-46-124-73(110)14-5)50-65-76-66(90(117)107(89(65)116)84(53(8)11-2)86(113)105-91(93(98,99)100)94(101,102)103)51-70(129-62-30-22-58(23-31-62)35-39-121-43-47-125-74(111)15-6)80(82(76)79)78-68(49-64(88(106)115)75(63)81(77)78)127-60-26-18-56(19-27-60)33-37-119-41-45-123-72(109)13-4/h12-31,48-54,83-84,91H,3-6,10-11,32-47H2,1-2,7-9H3,(H,104,112)(H,105,113). The Morgan fingerprint density at radius 3 is 0.798 bits per heavy atom. The molecule has 2 N–H and O–H groups in total. The monoisotopic (exact) mass is 1800 g/mol. The van der Waals surface area contributed by atoms with E-state index in [9.17, 15) is 68.3 Å². The third-order valence-corrected chi connectivity index (χ3v) is 21.5. The number of hydrogen-bond acceptors (Lipinski definition) is 22. The summed E-state index contributed by atoms with van der Waals surface area (Å²) in [6.07, 6.45) is -12.7. The molecule has 35 heteroatoms. The lowest BCUT2D eigenvalue weighted by Gasteiger charge is -2.38. The van der Waals surface area contributed by atoms with Gasteiger partial charge in [-0.25, -0.2) is 19.2 Å². The van der Waals surface area contributed by atoms with Crippen molar-refractivity contribution in [3.8, 4) is 46.0 Å². The fraction of sp³-hybridized carbons (Fsp3) is 0.340. The second kappa shape index (κ2) is 42.6. The minimum absolute atomic E-state index is 0.00108. The average molecular weight is 1800 g/mol. The number of nitrogens with one attached hydrogen (secondary N) is 2. The molecule has 2 heterocycles. The van der Waals surface area contributed by atoms with Crippen LogP contribution < -0.4 is 29.6 Å². The van der Waals surface area contributed by atoms with E-state index in [1.54, 1.807) is 55.5 Å². The fourth-order valence-electron chi connectivity index (χ4n) is 14.6. The number of benzene rings is 9. The highest BCUT2D eigenvalue weighted by Gasteiger charge is 2.59. The van der Waals surface area contributed by atoms with Crippen molar-refractivity contribution in [3.63, 3.8) is 0 Å². The summed E-state index contributed by atoms with van der Waals surface area (Å²) in [6.45, 7) is 19.9. The molecule has 9 aromatic carbocycles. The van der Waals surface area contributed by atoms with E-state index >= 15 is 19.2 Å². The van der Waals surface area contributed by atoms with E-state index in [2.05, 4.69) is 26.3 Å². The quantitative estimate of drug-likeness (QED) is 0.00523. The molecule has 5 unspecified atom stereocenters. The van der Waals surface area contributed by atoms with Crippen LogP contribution in [0.3, 0.4) is 0 Å². The van der Waals surface area contributed by atoms with Crippen LogP contribution in [0, 0.1) is 11.8 Å². The first-order valence-electron chi connectivity index (χ1n) is 41.0. The predicted molar refractivity (Wildman–Crippen MR) is 452 cm³/mol. The number of halogens is 9. The SMILES string of the molecule is C=CC(=O)OCCOCCc1ccc(Oc2cc3c4c(cc(Oc5ccc(CCOCCOC(=O)C=C)cc5)c5c6c(Oc7ccc(CCOCCOC(=O)C=C)cc7)cc7c8c(cc(Oc9ccc(CCOCCOC(=O)C=C)cc9)c(c2c45)c86)C(=O)N(C(C(=O)NC(C(F)(F)F)C(F)(F)F)C(C)CC)C7=O)C(=O)N(C(C(=O)NC(C)C(F)(F)F)C(C)CC)C3=O)cc1. The molecular weight excluding hydrogens is 1710 g/mol. The molecule has 9 aromatic rings. The van der Waals surface area contributed by atoms with Gasteiger partial charge in [0, 0.05) is 67.4 Å². The number of esters is 4. The lowest BCUT2D eigenvalue weighted by atomic mass is 9.80. The zero-order valence-corrected chi connectivity index (χ0v) is 70.7. The fourth-order valence-corrected chi connectivity index (χ4v) is 14.6. The Labute approximate surface area is 733 Å². The number of ether oxygens (including phenoxy) is 12. The van der Waals surface area contributed by atoms with Gasteiger partial charge in [-0.3, -0.25) is 38.6 Å². The van der Waals surface area contributed by atoms with Crippen LogP contribution in [0.4, 0.5) is 39.5 Å². The van der Waals surface area contributed by atoms with Crippen LogP contribution in [0.1, 0.15) is 111 Å². The maximum atomic E-state index is 16.4. The van der Waals surface area contributed by atoms with E-state index in [0.717, 1.165) is 41.8 Å². The van der Waals surface area contributed by atoms with Gasteiger partial charge >= 0.3 is 42.4 Å². The van der Waals surface area contributed by atoms with Crippen LogP contribution in [0.5, 0.6) is 46.0 Å². The third kappa shape index (κ3) is 22.8. The van der Waals surface area contributed by atoms with E-state index in [1.165, 1.54) is 81.4 Å². The van der Waals surface area contributed by atoms with Gasteiger partial charge in [-0.2, -0.15) is 39.5 Å². The van der Waals surface area contributed by atoms with E-state index in [1.807, 2.05) is 5.32 Å². The third-order valence-electron chi connectivity index (χ3n) is 21.5. The topological polar surface area (TPSA) is 312 Å². The summed E-state index contributed by atoms with van der Waals surface area (Å²) in [5, 5.41) is 1.46. The molecule has 0 bridgehead atoms. The first-order chi connectivity index (χ1) is 61.5. The molecular formula is C94H91F9N4O22. The largest absolute Gasteiger partial charge is 0.460 e. The van der Waals surface area contributed by atoms with E-state index < -0.39 is 148 Å². The molecule has 129 heavy (non-hydrogen) atoms. The number of fused-ring (bicyclic) bond motifs is 2. The zero-order valence-electron chi connectivity index (χ0n) is 70.7. The molecule has 682 valence electrons. The van der Waals surface area contributed by atoms with Gasteiger partial charge in [-0.1, -0.05) is 115 Å². The van der Waals surface area contributed by atoms with Crippen LogP contribution in [0.2, 0.25) is 0 Å². The number of rotatable bonds is 46. The molecule has 2 aliphatic heterocycles. The average Bonchev–Trinajstić information content (AvgIpc) is 0.669. The van der Waals surface area contributed by atoms with Crippen molar-refractivity contribution in [1.82, 2.24) is 20.4 Å². The lowest BCUT2D eigenvalue weighted by molar-refractivity contribution is -0.258. The summed E-state index contributed by atoms with van der Waals surface area (Å²) in [5.74, 6) is -15.5. The maximum Gasteiger partial charge on any atom is 0.417 e. The number of carbonyl (C=O) groups excluding carboxylic acids is 10. The highest BCUT2D eigenvalue weighted by molar-refractivity contribution is 6.45. The summed E-state index contributed by atoms with van der Waals surface area (Å²) in [4.78, 5) is 143. The van der Waals surface area contributed by atoms with Gasteiger partial charge in [0.05, 0.1) is 75.1 Å². The summed E-state index contributed by atoms with van der Waals surface area (Å²) in [5.41, 5.74) is 0.588. The van der Waals surface area contributed by atoms with Gasteiger partial charge in [0.25, 0.3) is 23.6 Å². The van der Waals surface area contributed by atoms with Gasteiger partial charge in [-0.05, 0) is 139 Å². The summed E-state index contributed by atoms with van der Waals surface area (Å²) in [7, 11) is 0. The Balaban J connectivity index is 1.25. The molecule has 6 amide bonds. The van der Waals surface area contributed by atoms with Crippen LogP contribution in [-0.4, -0.2) is 191 Å². The van der Waals surface area contributed by atoms with Crippen LogP contribution in [0.25, 0.3) is 43.1 Å². The predicted octanol–water partition coefficient (Wildman–Crippen LogP) is 16.8. The number of imide groups is 2. The Morgan fingerprint density at radius 1 is 0.341 bits per heavy atom. The van der Waals surface area contributed by atoms with Crippen molar-refractivity contribution in [3.05, 3.63) is 216 Å². The number of alkyl halides is 9. The van der Waals surface area contributed by atoms with Gasteiger partial charge in [0.1, 0.15) is 90.5 Å². The van der Waals surface area contributed by atoms with Crippen molar-refractivity contribution in [2.75, 3.05) is 79.3 Å². The van der Waals surface area contributed by atoms with Gasteiger partial charge in [-0.15, -0.1) is 0 Å². The molecule has 0 aromatic heterocycles. The summed E-state index contributed by atoms with van der Waals surface area (Å²) < 4.78 is 203. The minimum atomic E-state index is -6.18. The first kappa shape index (κ1) is 96.4. The second-order valence-electron chi connectivity index (χ2n) is 30.0. The summed E-state index contributed by atoms with van der Waals surface area (Å²) >= 11 is 0. The molecule has 26 nitrogen and oxygen atoms in total. The van der Waals surface area contributed by atoms with Gasteiger partial charge in [0.2, 0.25) is 17.9 Å². The molecule has 0 spiro atoms. The van der Waals surface area contributed by atoms with E-state index in [0.29, 0.717) is 34.1 Å². The first-order valence-corrected chi connectivity index (χ1v) is 41.0. The smallest absolute Gasteiger partial charge is 0.417 e. The Morgan fingerprint density at radius 2 is 0.581 bits per heavy atom. The highest BCUT2D eigenvalue weighted by atomic mass is 19.4. The molecule has 0 aliphatic carbocycles. The molecule has 5 atom stereocenters. The Kier molecular flexibility index (Phi) is 31.8. The molecule has 0 fully saturated rings. The zero-order chi connectivity index (χ0) is 93.3. The van der Waals surface area contributed by atoms with Crippen molar-refractivity contribution < 1.29 is 144 Å². The highest BCUT2D eigenvalue weighted by Crippen LogP contribution is 2.59. The normalized spacial score (nSPS) is 14.0. The van der Waals surface area contributed by atoms with Crippen molar-refractivity contribution >= 4 is 102 Å². The van der Waals surface area contributed by atoms with Gasteiger partial charge in [0.15, 0.2) is 0 Å². The van der Waals surface area contributed by atoms with Crippen LogP contribution >= 0.6 is 0 Å². The van der Waals surface area contributed by atoms with E-state index in [-0.39, 0.29) is 200 Å². The van der Waals surface area contributed by atoms with Crippen molar-refractivity contribution in [2.45, 2.75) is 116 Å². The molecule has 0 saturated carbocycles. The van der Waals surface area contributed by atoms with Crippen LogP contribution in [0.15, 0.2) is 172 Å². The molecule has 2 aliphatic rings. The number of carbonyl (C=O) groups is 10. The summed E-state index contributed by atoms with van der Waals surface area (Å²) in [6, 6.07) is 18.4. The maximum absolute atomic E-state index is 16.4. The second-order valence-corrected chi connectivity index (χ2v) is 30.0. The Hall–Kier alpha value is -13.3. The number of amides is 6. The number of nitrogens with zero attached hydrogens (tertiary/aromatic N) is 2. The lowest BCUT2D eigenvalue weighted by Crippen LogP contribution is -2.62. The van der Waals surface area contributed by atoms with Crippen molar-refractivity contribution in [2.24, 2.45) is 11.8 Å². The Bertz CT molecular complexity index is 5410. The number of hydrogen-bond donors (Lipinski definition) is 2.